The molecule has 1 N–H and O–H groups in total. The second kappa shape index (κ2) is 8.18. The van der Waals surface area contributed by atoms with Crippen LogP contribution < -0.4 is 5.32 Å². The Balaban J connectivity index is 1.70. The Morgan fingerprint density at radius 3 is 2.41 bits per heavy atom. The first kappa shape index (κ1) is 20.1. The lowest BCUT2D eigenvalue weighted by Crippen LogP contribution is -2.45. The first-order valence-corrected chi connectivity index (χ1v) is 9.60. The van der Waals surface area contributed by atoms with Crippen LogP contribution in [0, 0.1) is 5.92 Å². The van der Waals surface area contributed by atoms with Crippen LogP contribution in [-0.2, 0) is 15.8 Å². The lowest BCUT2D eigenvalue weighted by molar-refractivity contribution is -0.137. The van der Waals surface area contributed by atoms with Gasteiger partial charge in [-0.2, -0.15) is 13.2 Å². The van der Waals surface area contributed by atoms with Crippen LogP contribution in [0.5, 0.6) is 0 Å². The van der Waals surface area contributed by atoms with Gasteiger partial charge < -0.3 is 10.2 Å². The molecule has 5 nitrogen and oxygen atoms in total. The van der Waals surface area contributed by atoms with E-state index in [0.717, 1.165) is 36.0 Å². The van der Waals surface area contributed by atoms with Crippen molar-refractivity contribution in [2.45, 2.75) is 37.6 Å². The number of nitrogens with zero attached hydrogens (tertiary/aromatic N) is 2. The minimum atomic E-state index is -4.39. The summed E-state index contributed by atoms with van der Waals surface area (Å²) in [6, 6.07) is 4.23. The summed E-state index contributed by atoms with van der Waals surface area (Å²) in [5, 5.41) is 6.55. The van der Waals surface area contributed by atoms with Gasteiger partial charge >= 0.3 is 6.18 Å². The van der Waals surface area contributed by atoms with Gasteiger partial charge in [-0.25, -0.2) is 0 Å². The Kier molecular flexibility index (Phi) is 6.10. The average molecular weight is 448 g/mol. The molecule has 1 saturated heterocycles. The third-order valence-electron chi connectivity index (χ3n) is 5.17. The molecule has 0 spiro atoms. The lowest BCUT2D eigenvalue weighted by Gasteiger charge is -2.38. The summed E-state index contributed by atoms with van der Waals surface area (Å²) < 4.78 is 39.2. The van der Waals surface area contributed by atoms with Crippen LogP contribution in [0.1, 0.15) is 36.4 Å². The van der Waals surface area contributed by atoms with Gasteiger partial charge in [0.15, 0.2) is 0 Å². The molecule has 2 atom stereocenters. The SMILES string of the molecule is CNC(=O)C(c1ccc(C(F)(F)F)cc1)N1CCC(C2CC(Br)=NO2)CC1. The Morgan fingerprint density at radius 1 is 1.30 bits per heavy atom. The van der Waals surface area contributed by atoms with Crippen molar-refractivity contribution in [3.8, 4) is 0 Å². The van der Waals surface area contributed by atoms with Crippen LogP contribution >= 0.6 is 15.9 Å². The minimum absolute atomic E-state index is 0.0473. The molecular formula is C18H21BrF3N3O2. The number of oxime groups is 1. The Labute approximate surface area is 164 Å². The molecule has 2 heterocycles. The number of amides is 1. The van der Waals surface area contributed by atoms with E-state index in [-0.39, 0.29) is 12.0 Å². The van der Waals surface area contributed by atoms with Crippen molar-refractivity contribution < 1.29 is 22.8 Å². The highest BCUT2D eigenvalue weighted by Gasteiger charge is 2.36. The van der Waals surface area contributed by atoms with E-state index in [2.05, 4.69) is 26.4 Å². The largest absolute Gasteiger partial charge is 0.416 e. The van der Waals surface area contributed by atoms with Gasteiger partial charge in [-0.05, 0) is 59.6 Å². The highest BCUT2D eigenvalue weighted by Crippen LogP contribution is 2.34. The van der Waals surface area contributed by atoms with E-state index in [4.69, 9.17) is 4.84 Å². The van der Waals surface area contributed by atoms with Gasteiger partial charge in [-0.15, -0.1) is 0 Å². The molecule has 1 aromatic rings. The molecule has 148 valence electrons. The van der Waals surface area contributed by atoms with Gasteiger partial charge in [0.1, 0.15) is 16.8 Å². The topological polar surface area (TPSA) is 53.9 Å². The lowest BCUT2D eigenvalue weighted by atomic mass is 9.88. The Morgan fingerprint density at radius 2 is 1.93 bits per heavy atom. The Bertz CT molecular complexity index is 701. The summed E-state index contributed by atoms with van der Waals surface area (Å²) >= 11 is 3.34. The zero-order valence-corrected chi connectivity index (χ0v) is 16.4. The maximum Gasteiger partial charge on any atom is 0.416 e. The quantitative estimate of drug-likeness (QED) is 0.765. The second-order valence-corrected chi connectivity index (χ2v) is 7.74. The molecule has 2 aliphatic rings. The van der Waals surface area contributed by atoms with E-state index in [1.54, 1.807) is 0 Å². The number of carbonyl (C=O) groups excluding carboxylic acids is 1. The van der Waals surface area contributed by atoms with Crippen molar-refractivity contribution in [1.29, 1.82) is 0 Å². The predicted molar refractivity (Wildman–Crippen MR) is 98.4 cm³/mol. The number of hydrogen-bond acceptors (Lipinski definition) is 4. The van der Waals surface area contributed by atoms with Gasteiger partial charge in [0, 0.05) is 19.4 Å². The van der Waals surface area contributed by atoms with E-state index in [0.29, 0.717) is 24.6 Å². The molecule has 2 unspecified atom stereocenters. The first-order chi connectivity index (χ1) is 12.8. The zero-order valence-electron chi connectivity index (χ0n) is 14.8. The standard InChI is InChI=1S/C18H21BrF3N3O2/c1-23-17(26)16(12-2-4-13(5-3-12)18(20,21)22)25-8-6-11(7-9-25)14-10-15(19)24-27-14/h2-5,11,14,16H,6-10H2,1H3,(H,23,26). The highest BCUT2D eigenvalue weighted by molar-refractivity contribution is 9.18. The van der Waals surface area contributed by atoms with Gasteiger partial charge in [-0.3, -0.25) is 9.69 Å². The molecule has 3 rings (SSSR count). The number of alkyl halides is 3. The zero-order chi connectivity index (χ0) is 19.6. The normalized spacial score (nSPS) is 22.9. The molecule has 1 fully saturated rings. The van der Waals surface area contributed by atoms with E-state index in [1.165, 1.54) is 19.2 Å². The molecule has 0 bridgehead atoms. The third-order valence-corrected chi connectivity index (χ3v) is 5.64. The predicted octanol–water partition coefficient (Wildman–Crippen LogP) is 3.70. The summed E-state index contributed by atoms with van der Waals surface area (Å²) in [4.78, 5) is 19.9. The summed E-state index contributed by atoms with van der Waals surface area (Å²) in [5.74, 6) is 0.120. The minimum Gasteiger partial charge on any atom is -0.391 e. The maximum atomic E-state index is 12.8. The fourth-order valence-corrected chi connectivity index (χ4v) is 4.09. The van der Waals surface area contributed by atoms with Crippen LogP contribution in [0.4, 0.5) is 13.2 Å². The van der Waals surface area contributed by atoms with E-state index in [9.17, 15) is 18.0 Å². The van der Waals surface area contributed by atoms with E-state index in [1.807, 2.05) is 4.90 Å². The molecular weight excluding hydrogens is 427 g/mol. The van der Waals surface area contributed by atoms with Gasteiger partial charge in [-0.1, -0.05) is 17.3 Å². The highest BCUT2D eigenvalue weighted by atomic mass is 79.9. The second-order valence-electron chi connectivity index (χ2n) is 6.83. The number of hydrogen-bond donors (Lipinski definition) is 1. The fraction of sp³-hybridized carbons (Fsp3) is 0.556. The van der Waals surface area contributed by atoms with Gasteiger partial charge in [0.05, 0.1) is 5.56 Å². The molecule has 27 heavy (non-hydrogen) atoms. The van der Waals surface area contributed by atoms with Crippen LogP contribution in [0.2, 0.25) is 0 Å². The average Bonchev–Trinajstić information content (AvgIpc) is 3.08. The molecule has 2 aliphatic heterocycles. The smallest absolute Gasteiger partial charge is 0.391 e. The summed E-state index contributed by atoms with van der Waals surface area (Å²) in [5.41, 5.74) is -0.159. The molecule has 1 amide bonds. The van der Waals surface area contributed by atoms with Crippen molar-refractivity contribution in [3.05, 3.63) is 35.4 Å². The number of benzene rings is 1. The first-order valence-electron chi connectivity index (χ1n) is 8.80. The number of halogens is 4. The number of nitrogens with one attached hydrogen (secondary N) is 1. The summed E-state index contributed by atoms with van der Waals surface area (Å²) in [6.45, 7) is 1.34. The number of likely N-dealkylation sites (N-methyl/N-ethyl adjacent to an activating group) is 1. The number of rotatable bonds is 4. The van der Waals surface area contributed by atoms with Crippen LogP contribution in [0.3, 0.4) is 0 Å². The van der Waals surface area contributed by atoms with Crippen molar-refractivity contribution in [2.24, 2.45) is 11.1 Å². The molecule has 0 saturated carbocycles. The van der Waals surface area contributed by atoms with Crippen LogP contribution in [0.25, 0.3) is 0 Å². The Hall–Kier alpha value is -1.61. The summed E-state index contributed by atoms with van der Waals surface area (Å²) in [7, 11) is 1.54. The number of carbonyl (C=O) groups is 1. The van der Waals surface area contributed by atoms with Crippen molar-refractivity contribution >= 4 is 26.5 Å². The van der Waals surface area contributed by atoms with Crippen molar-refractivity contribution in [1.82, 2.24) is 10.2 Å². The van der Waals surface area contributed by atoms with Crippen LogP contribution in [-0.4, -0.2) is 41.7 Å². The third kappa shape index (κ3) is 4.63. The van der Waals surface area contributed by atoms with Crippen molar-refractivity contribution in [2.75, 3.05) is 20.1 Å². The van der Waals surface area contributed by atoms with Crippen molar-refractivity contribution in [3.63, 3.8) is 0 Å². The summed E-state index contributed by atoms with van der Waals surface area (Å²) in [6.07, 6.45) is -1.91. The molecule has 0 aromatic heterocycles. The monoisotopic (exact) mass is 447 g/mol. The molecule has 0 radical (unpaired) electrons. The fourth-order valence-electron chi connectivity index (χ4n) is 3.69. The molecule has 9 heteroatoms. The number of likely N-dealkylation sites (tertiary alicyclic amines) is 1. The number of piperidine rings is 1. The molecule has 1 aromatic carbocycles. The van der Waals surface area contributed by atoms with E-state index < -0.39 is 17.8 Å². The van der Waals surface area contributed by atoms with Gasteiger partial charge in [0.2, 0.25) is 5.91 Å². The van der Waals surface area contributed by atoms with Gasteiger partial charge in [0.25, 0.3) is 0 Å². The molecule has 0 aliphatic carbocycles. The maximum absolute atomic E-state index is 12.8. The van der Waals surface area contributed by atoms with E-state index >= 15 is 0 Å². The van der Waals surface area contributed by atoms with Crippen LogP contribution in [0.15, 0.2) is 29.4 Å².